The smallest absolute Gasteiger partial charge is 0.306 e. The average molecular weight is 455 g/mol. The summed E-state index contributed by atoms with van der Waals surface area (Å²) >= 11 is 12.4. The summed E-state index contributed by atoms with van der Waals surface area (Å²) in [6.45, 7) is 0. The van der Waals surface area contributed by atoms with E-state index in [-0.39, 0.29) is 20.0 Å². The van der Waals surface area contributed by atoms with Crippen molar-refractivity contribution in [2.75, 3.05) is 0 Å². The van der Waals surface area contributed by atoms with Crippen LogP contribution in [0.5, 0.6) is 0 Å². The van der Waals surface area contributed by atoms with Crippen LogP contribution in [0.3, 0.4) is 0 Å². The second-order valence-corrected chi connectivity index (χ2v) is 10.0. The fourth-order valence-electron chi connectivity index (χ4n) is 4.09. The van der Waals surface area contributed by atoms with Gasteiger partial charge in [0.05, 0.1) is 16.0 Å². The van der Waals surface area contributed by atoms with Crippen LogP contribution in [0.2, 0.25) is 10.0 Å². The first-order valence-corrected chi connectivity index (χ1v) is 11.8. The molecule has 0 saturated heterocycles. The molecule has 4 rings (SSSR count). The number of hydrogen-bond donors (Lipinski definition) is 1. The number of fused-ring (bicyclic) bond motifs is 1. The van der Waals surface area contributed by atoms with Crippen molar-refractivity contribution in [3.05, 3.63) is 45.6 Å². The van der Waals surface area contributed by atoms with Crippen molar-refractivity contribution in [3.63, 3.8) is 0 Å². The summed E-state index contributed by atoms with van der Waals surface area (Å²) in [5.41, 5.74) is 2.46. The Balaban J connectivity index is 1.84. The van der Waals surface area contributed by atoms with E-state index in [1.807, 2.05) is 6.08 Å². The summed E-state index contributed by atoms with van der Waals surface area (Å²) in [6, 6.07) is 4.60. The first kappa shape index (κ1) is 20.4. The lowest BCUT2D eigenvalue weighted by molar-refractivity contribution is -0.141. The fourth-order valence-corrected chi connectivity index (χ4v) is 6.67. The summed E-state index contributed by atoms with van der Waals surface area (Å²) in [5, 5.41) is 13.9. The molecule has 1 N–H and O–H groups in total. The molecule has 2 aliphatic carbocycles. The lowest BCUT2D eigenvalue weighted by Crippen LogP contribution is -2.18. The van der Waals surface area contributed by atoms with Gasteiger partial charge < -0.3 is 5.11 Å². The molecule has 9 heteroatoms. The second kappa shape index (κ2) is 7.78. The number of carboxylic acid groups (broad SMARTS) is 1. The highest BCUT2D eigenvalue weighted by atomic mass is 35.5. The van der Waals surface area contributed by atoms with E-state index in [4.69, 9.17) is 23.2 Å². The molecule has 6 nitrogen and oxygen atoms in total. The summed E-state index contributed by atoms with van der Waals surface area (Å²) < 4.78 is 28.6. The van der Waals surface area contributed by atoms with Crippen molar-refractivity contribution in [2.24, 2.45) is 5.92 Å². The van der Waals surface area contributed by atoms with Crippen molar-refractivity contribution >= 4 is 44.7 Å². The third kappa shape index (κ3) is 3.60. The SMILES string of the molecule is O=C(O)C1CC=C(n2nc(S(=O)(=O)c3c(Cl)cccc3Cl)c3c2CCCC3)CC1. The Morgan fingerprint density at radius 2 is 1.83 bits per heavy atom. The van der Waals surface area contributed by atoms with Crippen LogP contribution in [0.4, 0.5) is 0 Å². The molecule has 2 aliphatic rings. The maximum absolute atomic E-state index is 13.4. The van der Waals surface area contributed by atoms with Gasteiger partial charge in [0.2, 0.25) is 9.84 Å². The first-order chi connectivity index (χ1) is 13.8. The number of carbonyl (C=O) groups is 1. The van der Waals surface area contributed by atoms with Gasteiger partial charge in [0.1, 0.15) is 4.90 Å². The van der Waals surface area contributed by atoms with E-state index in [1.165, 1.54) is 12.1 Å². The van der Waals surface area contributed by atoms with Gasteiger partial charge in [0.25, 0.3) is 0 Å². The van der Waals surface area contributed by atoms with Crippen LogP contribution < -0.4 is 0 Å². The van der Waals surface area contributed by atoms with Crippen LogP contribution in [0.15, 0.2) is 34.2 Å². The number of aliphatic carboxylic acids is 1. The van der Waals surface area contributed by atoms with E-state index in [2.05, 4.69) is 5.10 Å². The lowest BCUT2D eigenvalue weighted by atomic mass is 9.92. The molecule has 0 spiro atoms. The highest BCUT2D eigenvalue weighted by Gasteiger charge is 2.34. The van der Waals surface area contributed by atoms with Gasteiger partial charge >= 0.3 is 5.97 Å². The molecule has 1 unspecified atom stereocenters. The van der Waals surface area contributed by atoms with Gasteiger partial charge in [-0.2, -0.15) is 5.10 Å². The molecule has 0 aliphatic heterocycles. The van der Waals surface area contributed by atoms with Crippen LogP contribution in [-0.2, 0) is 27.5 Å². The number of carboxylic acids is 1. The van der Waals surface area contributed by atoms with E-state index < -0.39 is 21.7 Å². The monoisotopic (exact) mass is 454 g/mol. The van der Waals surface area contributed by atoms with Crippen molar-refractivity contribution in [2.45, 2.75) is 54.9 Å². The molecular weight excluding hydrogens is 435 g/mol. The number of rotatable bonds is 4. The van der Waals surface area contributed by atoms with Crippen molar-refractivity contribution < 1.29 is 18.3 Å². The predicted molar refractivity (Wildman–Crippen MR) is 110 cm³/mol. The van der Waals surface area contributed by atoms with E-state index in [9.17, 15) is 18.3 Å². The molecule has 1 atom stereocenters. The number of hydrogen-bond acceptors (Lipinski definition) is 4. The quantitative estimate of drug-likeness (QED) is 0.727. The maximum Gasteiger partial charge on any atom is 0.306 e. The number of benzene rings is 1. The zero-order chi connectivity index (χ0) is 20.8. The average Bonchev–Trinajstić information content (AvgIpc) is 3.08. The van der Waals surface area contributed by atoms with Crippen molar-refractivity contribution in [1.29, 1.82) is 0 Å². The van der Waals surface area contributed by atoms with E-state index >= 15 is 0 Å². The molecule has 0 fully saturated rings. The number of allylic oxidation sites excluding steroid dienone is 2. The number of aromatic nitrogens is 2. The van der Waals surface area contributed by atoms with Crippen molar-refractivity contribution in [1.82, 2.24) is 9.78 Å². The normalized spacial score (nSPS) is 19.5. The molecule has 1 aromatic heterocycles. The van der Waals surface area contributed by atoms with Gasteiger partial charge in [0.15, 0.2) is 5.03 Å². The first-order valence-electron chi connectivity index (χ1n) is 9.52. The van der Waals surface area contributed by atoms with Gasteiger partial charge in [-0.05, 0) is 57.1 Å². The molecular formula is C20H20Cl2N2O4S. The minimum absolute atomic E-state index is 0.00320. The topological polar surface area (TPSA) is 89.3 Å². The van der Waals surface area contributed by atoms with E-state index in [0.29, 0.717) is 31.2 Å². The minimum Gasteiger partial charge on any atom is -0.481 e. The summed E-state index contributed by atoms with van der Waals surface area (Å²) in [6.07, 6.45) is 6.52. The lowest BCUT2D eigenvalue weighted by Gasteiger charge is -2.21. The highest BCUT2D eigenvalue weighted by Crippen LogP contribution is 2.38. The van der Waals surface area contributed by atoms with Crippen LogP contribution in [0, 0.1) is 5.92 Å². The maximum atomic E-state index is 13.4. The van der Waals surface area contributed by atoms with Gasteiger partial charge in [0, 0.05) is 17.0 Å². The van der Waals surface area contributed by atoms with Crippen molar-refractivity contribution in [3.8, 4) is 0 Å². The van der Waals surface area contributed by atoms with E-state index in [0.717, 1.165) is 30.7 Å². The number of sulfone groups is 1. The van der Waals surface area contributed by atoms with E-state index in [1.54, 1.807) is 10.7 Å². The van der Waals surface area contributed by atoms with Crippen LogP contribution in [0.25, 0.3) is 5.70 Å². The molecule has 0 amide bonds. The summed E-state index contributed by atoms with van der Waals surface area (Å²) in [5.74, 6) is -1.21. The zero-order valence-electron chi connectivity index (χ0n) is 15.6. The van der Waals surface area contributed by atoms with Gasteiger partial charge in [-0.15, -0.1) is 0 Å². The van der Waals surface area contributed by atoms with Gasteiger partial charge in [-0.25, -0.2) is 13.1 Å². The Kier molecular flexibility index (Phi) is 5.48. The fraction of sp³-hybridized carbons (Fsp3) is 0.400. The molecule has 0 bridgehead atoms. The molecule has 29 heavy (non-hydrogen) atoms. The molecule has 0 radical (unpaired) electrons. The van der Waals surface area contributed by atoms with Crippen LogP contribution in [-0.4, -0.2) is 29.3 Å². The molecule has 1 aromatic carbocycles. The zero-order valence-corrected chi connectivity index (χ0v) is 17.9. The van der Waals surface area contributed by atoms with Gasteiger partial charge in [-0.3, -0.25) is 4.79 Å². The summed E-state index contributed by atoms with van der Waals surface area (Å²) in [7, 11) is -4.00. The second-order valence-electron chi connectivity index (χ2n) is 7.41. The number of halogens is 2. The predicted octanol–water partition coefficient (Wildman–Crippen LogP) is 4.63. The molecule has 1 heterocycles. The largest absolute Gasteiger partial charge is 0.481 e. The third-order valence-electron chi connectivity index (χ3n) is 5.59. The Hall–Kier alpha value is -1.83. The molecule has 0 saturated carbocycles. The highest BCUT2D eigenvalue weighted by molar-refractivity contribution is 7.91. The third-order valence-corrected chi connectivity index (χ3v) is 8.26. The Labute approximate surface area is 179 Å². The Morgan fingerprint density at radius 3 is 2.45 bits per heavy atom. The summed E-state index contributed by atoms with van der Waals surface area (Å²) in [4.78, 5) is 11.1. The molecule has 2 aromatic rings. The standard InChI is InChI=1S/C20H20Cl2N2O4S/c21-15-5-3-6-16(22)18(15)29(27,28)19-14-4-1-2-7-17(14)24(23-19)13-10-8-12(9-11-13)20(25)26/h3,5-6,10,12H,1-2,4,7-9,11H2,(H,25,26). The number of nitrogens with zero attached hydrogens (tertiary/aromatic N) is 2. The Bertz CT molecular complexity index is 1100. The molecule has 154 valence electrons. The minimum atomic E-state index is -4.00. The van der Waals surface area contributed by atoms with Crippen LogP contribution in [0.1, 0.15) is 43.4 Å². The van der Waals surface area contributed by atoms with Gasteiger partial charge in [-0.1, -0.05) is 35.3 Å². The van der Waals surface area contributed by atoms with Crippen LogP contribution >= 0.6 is 23.2 Å². The Morgan fingerprint density at radius 1 is 1.14 bits per heavy atom.